The van der Waals surface area contributed by atoms with Crippen LogP contribution >= 0.6 is 0 Å². The summed E-state index contributed by atoms with van der Waals surface area (Å²) in [5, 5.41) is 0. The van der Waals surface area contributed by atoms with Crippen molar-refractivity contribution in [2.45, 2.75) is 102 Å². The van der Waals surface area contributed by atoms with Gasteiger partial charge in [-0.05, 0) is 25.2 Å². The van der Waals surface area contributed by atoms with E-state index in [1.807, 2.05) is 0 Å². The number of carbonyl (C=O) groups excluding carboxylic acids is 1. The lowest BCUT2D eigenvalue weighted by Gasteiger charge is -2.22. The Kier molecular flexibility index (Phi) is 8.16. The first-order valence-corrected chi connectivity index (χ1v) is 9.30. The maximum atomic E-state index is 11.7. The third-order valence-electron chi connectivity index (χ3n) is 5.16. The molecule has 0 aromatic rings. The summed E-state index contributed by atoms with van der Waals surface area (Å²) in [5.74, 6) is 0.900. The van der Waals surface area contributed by atoms with Crippen molar-refractivity contribution in [3.05, 3.63) is 0 Å². The molecule has 0 aromatic carbocycles. The van der Waals surface area contributed by atoms with Crippen molar-refractivity contribution in [1.82, 2.24) is 5.48 Å². The minimum Gasteiger partial charge on any atom is -0.370 e. The van der Waals surface area contributed by atoms with Crippen molar-refractivity contribution >= 4 is 5.97 Å². The quantitative estimate of drug-likeness (QED) is 0.511. The molecular formula is C18H33NO2. The van der Waals surface area contributed by atoms with Gasteiger partial charge in [-0.15, -0.1) is 0 Å². The first-order valence-electron chi connectivity index (χ1n) is 9.30. The molecule has 0 atom stereocenters. The van der Waals surface area contributed by atoms with Crippen LogP contribution in [0.15, 0.2) is 0 Å². The van der Waals surface area contributed by atoms with Gasteiger partial charge in [0.2, 0.25) is 0 Å². The van der Waals surface area contributed by atoms with Gasteiger partial charge in [0.05, 0.1) is 0 Å². The zero-order valence-electron chi connectivity index (χ0n) is 13.6. The molecular weight excluding hydrogens is 262 g/mol. The molecule has 2 rings (SSSR count). The molecule has 2 aliphatic rings. The fourth-order valence-electron chi connectivity index (χ4n) is 3.78. The molecule has 2 aliphatic carbocycles. The van der Waals surface area contributed by atoms with E-state index >= 15 is 0 Å². The summed E-state index contributed by atoms with van der Waals surface area (Å²) in [6.07, 6.45) is 18.7. The van der Waals surface area contributed by atoms with Crippen LogP contribution in [-0.2, 0) is 9.63 Å². The fraction of sp³-hybridized carbons (Fsp3) is 0.944. The first-order chi connectivity index (χ1) is 10.3. The van der Waals surface area contributed by atoms with Crippen molar-refractivity contribution in [3.63, 3.8) is 0 Å². The predicted molar refractivity (Wildman–Crippen MR) is 85.8 cm³/mol. The van der Waals surface area contributed by atoms with Crippen molar-refractivity contribution in [2.75, 3.05) is 0 Å². The molecule has 0 amide bonds. The zero-order valence-corrected chi connectivity index (χ0v) is 13.6. The highest BCUT2D eigenvalue weighted by molar-refractivity contribution is 5.68. The Labute approximate surface area is 130 Å². The first kappa shape index (κ1) is 16.8. The number of unbranched alkanes of at least 4 members (excludes halogenated alkanes) is 2. The summed E-state index contributed by atoms with van der Waals surface area (Å²) in [5.41, 5.74) is 2.96. The van der Waals surface area contributed by atoms with Gasteiger partial charge < -0.3 is 4.84 Å². The van der Waals surface area contributed by atoms with E-state index in [-0.39, 0.29) is 5.97 Å². The second-order valence-corrected chi connectivity index (χ2v) is 7.03. The topological polar surface area (TPSA) is 38.3 Å². The second-order valence-electron chi connectivity index (χ2n) is 7.03. The van der Waals surface area contributed by atoms with Gasteiger partial charge in [0.15, 0.2) is 0 Å². The Bertz CT molecular complexity index is 281. The number of hydroxylamine groups is 1. The van der Waals surface area contributed by atoms with E-state index in [2.05, 4.69) is 5.48 Å². The molecule has 2 saturated carbocycles. The molecule has 0 spiro atoms. The van der Waals surface area contributed by atoms with Crippen LogP contribution in [0.3, 0.4) is 0 Å². The Morgan fingerprint density at radius 2 is 1.52 bits per heavy atom. The lowest BCUT2D eigenvalue weighted by atomic mass is 9.85. The number of nitrogens with one attached hydrogen (secondary N) is 1. The minimum atomic E-state index is -0.0711. The smallest absolute Gasteiger partial charge is 0.324 e. The second kappa shape index (κ2) is 10.2. The van der Waals surface area contributed by atoms with Gasteiger partial charge in [-0.1, -0.05) is 70.6 Å². The Balaban J connectivity index is 1.41. The van der Waals surface area contributed by atoms with Gasteiger partial charge in [-0.2, -0.15) is 5.48 Å². The number of carbonyl (C=O) groups is 1. The van der Waals surface area contributed by atoms with E-state index in [0.717, 1.165) is 25.2 Å². The van der Waals surface area contributed by atoms with E-state index in [4.69, 9.17) is 4.84 Å². The summed E-state index contributed by atoms with van der Waals surface area (Å²) in [6, 6.07) is 0.397. The summed E-state index contributed by atoms with van der Waals surface area (Å²) >= 11 is 0. The summed E-state index contributed by atoms with van der Waals surface area (Å²) in [7, 11) is 0. The summed E-state index contributed by atoms with van der Waals surface area (Å²) in [6.45, 7) is 0. The lowest BCUT2D eigenvalue weighted by Crippen LogP contribution is -2.33. The maximum absolute atomic E-state index is 11.7. The largest absolute Gasteiger partial charge is 0.370 e. The van der Waals surface area contributed by atoms with Gasteiger partial charge in [0.25, 0.3) is 0 Å². The van der Waals surface area contributed by atoms with E-state index in [1.165, 1.54) is 70.6 Å². The van der Waals surface area contributed by atoms with Gasteiger partial charge >= 0.3 is 5.97 Å². The fourth-order valence-corrected chi connectivity index (χ4v) is 3.78. The SMILES string of the molecule is O=C(CCCCCC1CCCCC1)ONC1CCCCC1. The average Bonchev–Trinajstić information content (AvgIpc) is 2.54. The van der Waals surface area contributed by atoms with Crippen LogP contribution in [0.2, 0.25) is 0 Å². The summed E-state index contributed by atoms with van der Waals surface area (Å²) in [4.78, 5) is 16.9. The van der Waals surface area contributed by atoms with Gasteiger partial charge in [-0.25, -0.2) is 0 Å². The molecule has 2 fully saturated rings. The zero-order chi connectivity index (χ0) is 14.8. The molecule has 3 nitrogen and oxygen atoms in total. The molecule has 0 unspecified atom stereocenters. The van der Waals surface area contributed by atoms with Crippen LogP contribution in [0.4, 0.5) is 0 Å². The van der Waals surface area contributed by atoms with E-state index in [0.29, 0.717) is 12.5 Å². The van der Waals surface area contributed by atoms with Crippen LogP contribution in [0.1, 0.15) is 96.3 Å². The molecule has 0 saturated heterocycles. The molecule has 0 heterocycles. The van der Waals surface area contributed by atoms with E-state index in [9.17, 15) is 4.79 Å². The van der Waals surface area contributed by atoms with Crippen molar-refractivity contribution in [2.24, 2.45) is 5.92 Å². The lowest BCUT2D eigenvalue weighted by molar-refractivity contribution is -0.153. The number of hydrogen-bond donors (Lipinski definition) is 1. The molecule has 1 N–H and O–H groups in total. The Morgan fingerprint density at radius 3 is 2.24 bits per heavy atom. The van der Waals surface area contributed by atoms with Crippen LogP contribution in [0, 0.1) is 5.92 Å². The highest BCUT2D eigenvalue weighted by atomic mass is 16.7. The molecule has 0 radical (unpaired) electrons. The number of hydrogen-bond acceptors (Lipinski definition) is 3. The molecule has 0 aromatic heterocycles. The molecule has 3 heteroatoms. The van der Waals surface area contributed by atoms with Crippen molar-refractivity contribution < 1.29 is 9.63 Å². The van der Waals surface area contributed by atoms with Gasteiger partial charge in [0, 0.05) is 12.5 Å². The highest BCUT2D eigenvalue weighted by Crippen LogP contribution is 2.28. The standard InChI is InChI=1S/C18H33NO2/c20-18(21-19-17-13-7-3-8-14-17)15-9-2-6-12-16-10-4-1-5-11-16/h16-17,19H,1-15H2. The van der Waals surface area contributed by atoms with Crippen molar-refractivity contribution in [1.29, 1.82) is 0 Å². The molecule has 0 aliphatic heterocycles. The molecule has 21 heavy (non-hydrogen) atoms. The Morgan fingerprint density at radius 1 is 0.857 bits per heavy atom. The van der Waals surface area contributed by atoms with Crippen LogP contribution in [0.25, 0.3) is 0 Å². The third-order valence-corrected chi connectivity index (χ3v) is 5.16. The minimum absolute atomic E-state index is 0.0711. The highest BCUT2D eigenvalue weighted by Gasteiger charge is 2.15. The Hall–Kier alpha value is -0.570. The number of rotatable bonds is 8. The average molecular weight is 295 g/mol. The van der Waals surface area contributed by atoms with E-state index in [1.54, 1.807) is 0 Å². The van der Waals surface area contributed by atoms with Crippen LogP contribution in [0.5, 0.6) is 0 Å². The normalized spacial score (nSPS) is 21.3. The molecule has 0 bridgehead atoms. The monoisotopic (exact) mass is 295 g/mol. The predicted octanol–water partition coefficient (Wildman–Crippen LogP) is 4.90. The van der Waals surface area contributed by atoms with Gasteiger partial charge in [-0.3, -0.25) is 4.79 Å². The maximum Gasteiger partial charge on any atom is 0.324 e. The van der Waals surface area contributed by atoms with Crippen LogP contribution in [-0.4, -0.2) is 12.0 Å². The third kappa shape index (κ3) is 7.30. The van der Waals surface area contributed by atoms with Crippen LogP contribution < -0.4 is 5.48 Å². The summed E-state index contributed by atoms with van der Waals surface area (Å²) < 4.78 is 0. The van der Waals surface area contributed by atoms with E-state index < -0.39 is 0 Å². The van der Waals surface area contributed by atoms with Gasteiger partial charge in [0.1, 0.15) is 0 Å². The molecule has 122 valence electrons. The van der Waals surface area contributed by atoms with Crippen molar-refractivity contribution in [3.8, 4) is 0 Å².